The number of hydrogen-bond donors (Lipinski definition) is 1. The lowest BCUT2D eigenvalue weighted by atomic mass is 10.1. The van der Waals surface area contributed by atoms with Gasteiger partial charge in [0.25, 0.3) is 5.91 Å². The smallest absolute Gasteiger partial charge is 0.255 e. The van der Waals surface area contributed by atoms with E-state index >= 15 is 0 Å². The molecule has 1 aliphatic rings. The van der Waals surface area contributed by atoms with Gasteiger partial charge in [0, 0.05) is 50.2 Å². The van der Waals surface area contributed by atoms with E-state index in [2.05, 4.69) is 22.2 Å². The zero-order valence-corrected chi connectivity index (χ0v) is 18.2. The molecule has 1 aliphatic heterocycles. The van der Waals surface area contributed by atoms with Crippen LogP contribution in [-0.2, 0) is 10.0 Å². The van der Waals surface area contributed by atoms with Gasteiger partial charge in [0.1, 0.15) is 0 Å². The molecule has 2 aromatic rings. The van der Waals surface area contributed by atoms with E-state index in [1.807, 2.05) is 24.3 Å². The molecule has 1 fully saturated rings. The molecule has 1 heterocycles. The first-order chi connectivity index (χ1) is 13.6. The molecule has 0 bridgehead atoms. The number of carbonyl (C=O) groups is 1. The Bertz CT molecular complexity index is 981. The quantitative estimate of drug-likeness (QED) is 0.810. The largest absolute Gasteiger partial charge is 0.369 e. The molecule has 1 N–H and O–H groups in total. The van der Waals surface area contributed by atoms with Crippen LogP contribution < -0.4 is 14.5 Å². The second-order valence-corrected chi connectivity index (χ2v) is 9.54. The van der Waals surface area contributed by atoms with Crippen LogP contribution in [-0.4, -0.2) is 65.8 Å². The van der Waals surface area contributed by atoms with E-state index in [1.54, 1.807) is 25.1 Å². The van der Waals surface area contributed by atoms with Crippen LogP contribution in [0.2, 0.25) is 0 Å². The number of likely N-dealkylation sites (N-methyl/N-ethyl adjacent to an activating group) is 1. The first kappa shape index (κ1) is 21.1. The van der Waals surface area contributed by atoms with Crippen LogP contribution in [0, 0.1) is 6.92 Å². The fourth-order valence-corrected chi connectivity index (χ4v) is 3.91. The van der Waals surface area contributed by atoms with Crippen molar-refractivity contribution in [1.29, 1.82) is 0 Å². The van der Waals surface area contributed by atoms with Crippen LogP contribution in [0.15, 0.2) is 42.5 Å². The predicted molar refractivity (Wildman–Crippen MR) is 119 cm³/mol. The highest BCUT2D eigenvalue weighted by atomic mass is 32.2. The van der Waals surface area contributed by atoms with Gasteiger partial charge >= 0.3 is 0 Å². The van der Waals surface area contributed by atoms with Crippen LogP contribution in [0.3, 0.4) is 0 Å². The topological polar surface area (TPSA) is 73.0 Å². The lowest BCUT2D eigenvalue weighted by Gasteiger charge is -2.34. The number of amides is 1. The molecule has 0 spiro atoms. The van der Waals surface area contributed by atoms with Crippen molar-refractivity contribution in [3.8, 4) is 0 Å². The van der Waals surface area contributed by atoms with E-state index in [1.165, 1.54) is 11.4 Å². The summed E-state index contributed by atoms with van der Waals surface area (Å²) in [5.41, 5.74) is 3.64. The molecular formula is C21H28N4O3S. The van der Waals surface area contributed by atoms with E-state index in [9.17, 15) is 13.2 Å². The Morgan fingerprint density at radius 2 is 1.66 bits per heavy atom. The number of benzene rings is 2. The number of aryl methyl sites for hydroxylation is 1. The highest BCUT2D eigenvalue weighted by molar-refractivity contribution is 7.92. The summed E-state index contributed by atoms with van der Waals surface area (Å²) in [5.74, 6) is -0.228. The Balaban J connectivity index is 1.68. The molecule has 2 aromatic carbocycles. The van der Waals surface area contributed by atoms with Gasteiger partial charge in [0.2, 0.25) is 10.0 Å². The van der Waals surface area contributed by atoms with Crippen LogP contribution in [0.5, 0.6) is 0 Å². The van der Waals surface area contributed by atoms with E-state index < -0.39 is 10.0 Å². The molecule has 0 aliphatic carbocycles. The minimum absolute atomic E-state index is 0.228. The average Bonchev–Trinajstić information content (AvgIpc) is 2.68. The van der Waals surface area contributed by atoms with Gasteiger partial charge in [0.15, 0.2) is 0 Å². The molecule has 0 atom stereocenters. The van der Waals surface area contributed by atoms with Gasteiger partial charge in [-0.15, -0.1) is 0 Å². The Kier molecular flexibility index (Phi) is 6.14. The number of anilines is 3. The maximum absolute atomic E-state index is 12.6. The Morgan fingerprint density at radius 1 is 1.03 bits per heavy atom. The van der Waals surface area contributed by atoms with Crippen molar-refractivity contribution in [1.82, 2.24) is 4.90 Å². The molecule has 7 nitrogen and oxygen atoms in total. The summed E-state index contributed by atoms with van der Waals surface area (Å²) in [4.78, 5) is 17.3. The van der Waals surface area contributed by atoms with E-state index in [4.69, 9.17) is 0 Å². The first-order valence-electron chi connectivity index (χ1n) is 9.54. The van der Waals surface area contributed by atoms with E-state index in [0.717, 1.165) is 49.4 Å². The maximum atomic E-state index is 12.6. The van der Waals surface area contributed by atoms with Crippen molar-refractivity contribution < 1.29 is 13.2 Å². The standard InChI is InChI=1S/C21H28N4O3S/c1-16-15-17(5-10-20(16)24(3)29(4,27)28)21(26)22-18-6-8-19(9-7-18)25-13-11-23(2)12-14-25/h5-10,15H,11-14H2,1-4H3,(H,22,26). The minimum atomic E-state index is -3.35. The fraction of sp³-hybridized carbons (Fsp3) is 0.381. The van der Waals surface area contributed by atoms with Crippen LogP contribution in [0.1, 0.15) is 15.9 Å². The van der Waals surface area contributed by atoms with Crippen molar-refractivity contribution >= 4 is 33.0 Å². The van der Waals surface area contributed by atoms with Crippen molar-refractivity contribution in [2.75, 3.05) is 61.1 Å². The zero-order valence-electron chi connectivity index (χ0n) is 17.3. The SMILES string of the molecule is Cc1cc(C(=O)Nc2ccc(N3CCN(C)CC3)cc2)ccc1N(C)S(C)(=O)=O. The second-order valence-electron chi connectivity index (χ2n) is 7.52. The summed E-state index contributed by atoms with van der Waals surface area (Å²) in [7, 11) is 0.277. The molecule has 0 aromatic heterocycles. The van der Waals surface area contributed by atoms with Crippen LogP contribution in [0.4, 0.5) is 17.1 Å². The zero-order chi connectivity index (χ0) is 21.2. The second kappa shape index (κ2) is 8.42. The van der Waals surface area contributed by atoms with Crippen LogP contribution >= 0.6 is 0 Å². The monoisotopic (exact) mass is 416 g/mol. The molecule has 0 radical (unpaired) electrons. The molecule has 0 unspecified atom stereocenters. The highest BCUT2D eigenvalue weighted by Gasteiger charge is 2.17. The number of sulfonamides is 1. The highest BCUT2D eigenvalue weighted by Crippen LogP contribution is 2.23. The molecule has 8 heteroatoms. The predicted octanol–water partition coefficient (Wildman–Crippen LogP) is 2.39. The van der Waals surface area contributed by atoms with Crippen molar-refractivity contribution in [2.24, 2.45) is 0 Å². The Labute approximate surface area is 173 Å². The number of hydrogen-bond acceptors (Lipinski definition) is 5. The number of carbonyl (C=O) groups excluding carboxylic acids is 1. The molecule has 1 saturated heterocycles. The van der Waals surface area contributed by atoms with Gasteiger partial charge in [-0.25, -0.2) is 8.42 Å². The third-order valence-electron chi connectivity index (χ3n) is 5.29. The lowest BCUT2D eigenvalue weighted by molar-refractivity contribution is 0.102. The third-order valence-corrected chi connectivity index (χ3v) is 6.48. The van der Waals surface area contributed by atoms with E-state index in [0.29, 0.717) is 11.3 Å². The number of nitrogens with zero attached hydrogens (tertiary/aromatic N) is 3. The van der Waals surface area contributed by atoms with Crippen molar-refractivity contribution in [2.45, 2.75) is 6.92 Å². The molecule has 29 heavy (non-hydrogen) atoms. The summed E-state index contributed by atoms with van der Waals surface area (Å²) in [6.07, 6.45) is 1.15. The molecule has 156 valence electrons. The van der Waals surface area contributed by atoms with Gasteiger partial charge in [0.05, 0.1) is 11.9 Å². The van der Waals surface area contributed by atoms with Gasteiger partial charge in [-0.1, -0.05) is 0 Å². The van der Waals surface area contributed by atoms with Gasteiger partial charge in [-0.3, -0.25) is 9.10 Å². The number of piperazine rings is 1. The maximum Gasteiger partial charge on any atom is 0.255 e. The Morgan fingerprint density at radius 3 is 2.21 bits per heavy atom. The van der Waals surface area contributed by atoms with Gasteiger partial charge in [-0.2, -0.15) is 0 Å². The lowest BCUT2D eigenvalue weighted by Crippen LogP contribution is -2.44. The normalized spacial score (nSPS) is 15.2. The Hall–Kier alpha value is -2.58. The summed E-state index contributed by atoms with van der Waals surface area (Å²) < 4.78 is 24.7. The van der Waals surface area contributed by atoms with Gasteiger partial charge in [-0.05, 0) is 62.0 Å². The molecule has 3 rings (SSSR count). The summed E-state index contributed by atoms with van der Waals surface area (Å²) in [6.45, 7) is 5.87. The summed E-state index contributed by atoms with van der Waals surface area (Å²) in [5, 5.41) is 2.90. The van der Waals surface area contributed by atoms with Gasteiger partial charge < -0.3 is 15.1 Å². The summed E-state index contributed by atoms with van der Waals surface area (Å²) in [6, 6.07) is 12.9. The third kappa shape index (κ3) is 5.07. The minimum Gasteiger partial charge on any atom is -0.369 e. The number of nitrogens with one attached hydrogen (secondary N) is 1. The average molecular weight is 417 g/mol. The summed E-state index contributed by atoms with van der Waals surface area (Å²) >= 11 is 0. The van der Waals surface area contributed by atoms with Crippen molar-refractivity contribution in [3.63, 3.8) is 0 Å². The van der Waals surface area contributed by atoms with Crippen molar-refractivity contribution in [3.05, 3.63) is 53.6 Å². The van der Waals surface area contributed by atoms with E-state index in [-0.39, 0.29) is 5.91 Å². The number of rotatable bonds is 5. The van der Waals surface area contributed by atoms with Crippen LogP contribution in [0.25, 0.3) is 0 Å². The fourth-order valence-electron chi connectivity index (χ4n) is 3.35. The first-order valence-corrected chi connectivity index (χ1v) is 11.4. The molecule has 0 saturated carbocycles. The molecular weight excluding hydrogens is 388 g/mol. The molecule has 1 amide bonds.